The van der Waals surface area contributed by atoms with E-state index >= 15 is 0 Å². The van der Waals surface area contributed by atoms with Gasteiger partial charge in [-0.3, -0.25) is 4.90 Å². The van der Waals surface area contributed by atoms with Gasteiger partial charge in [0.25, 0.3) is 0 Å². The molecular formula is C14H28N2O. The van der Waals surface area contributed by atoms with Gasteiger partial charge in [0.15, 0.2) is 0 Å². The largest absolute Gasteiger partial charge is 0.381 e. The summed E-state index contributed by atoms with van der Waals surface area (Å²) >= 11 is 0. The molecule has 0 aromatic rings. The lowest BCUT2D eigenvalue weighted by molar-refractivity contribution is -0.0146. The lowest BCUT2D eigenvalue weighted by Gasteiger charge is -2.45. The minimum Gasteiger partial charge on any atom is -0.381 e. The second kappa shape index (κ2) is 5.25. The molecule has 2 aliphatic rings. The Morgan fingerprint density at radius 1 is 1.24 bits per heavy atom. The first kappa shape index (κ1) is 13.3. The molecule has 2 rings (SSSR count). The zero-order valence-corrected chi connectivity index (χ0v) is 11.7. The van der Waals surface area contributed by atoms with Crippen LogP contribution in [0, 0.1) is 5.41 Å². The van der Waals surface area contributed by atoms with Crippen molar-refractivity contribution in [2.45, 2.75) is 45.6 Å². The van der Waals surface area contributed by atoms with Gasteiger partial charge in [-0.25, -0.2) is 0 Å². The minimum absolute atomic E-state index is 0.276. The van der Waals surface area contributed by atoms with E-state index in [0.29, 0.717) is 5.41 Å². The van der Waals surface area contributed by atoms with E-state index < -0.39 is 0 Å². The van der Waals surface area contributed by atoms with E-state index in [2.05, 4.69) is 31.0 Å². The van der Waals surface area contributed by atoms with Gasteiger partial charge in [-0.05, 0) is 38.5 Å². The van der Waals surface area contributed by atoms with Gasteiger partial charge in [0.05, 0.1) is 0 Å². The predicted molar refractivity (Wildman–Crippen MR) is 71.3 cm³/mol. The number of rotatable bonds is 3. The Labute approximate surface area is 106 Å². The van der Waals surface area contributed by atoms with Gasteiger partial charge in [-0.2, -0.15) is 0 Å². The Bertz CT molecular complexity index is 247. The third-order valence-corrected chi connectivity index (χ3v) is 4.51. The van der Waals surface area contributed by atoms with Crippen molar-refractivity contribution in [1.29, 1.82) is 0 Å². The van der Waals surface area contributed by atoms with Crippen LogP contribution in [0.5, 0.6) is 0 Å². The quantitative estimate of drug-likeness (QED) is 0.815. The standard InChI is InChI=1S/C14H28N2O/c1-4-14(5-9-17-10-6-14)12-16-8-7-15-13(2,3)11-16/h15H,4-12H2,1-3H3. The Balaban J connectivity index is 1.93. The van der Waals surface area contributed by atoms with Crippen LogP contribution in [-0.2, 0) is 4.74 Å². The van der Waals surface area contributed by atoms with Gasteiger partial charge < -0.3 is 10.1 Å². The van der Waals surface area contributed by atoms with Crippen molar-refractivity contribution < 1.29 is 4.74 Å². The maximum Gasteiger partial charge on any atom is 0.0471 e. The molecule has 0 unspecified atom stereocenters. The molecule has 0 aromatic carbocycles. The molecule has 0 atom stereocenters. The highest BCUT2D eigenvalue weighted by atomic mass is 16.5. The first-order valence-electron chi connectivity index (χ1n) is 7.10. The fourth-order valence-electron chi connectivity index (χ4n) is 3.28. The third kappa shape index (κ3) is 3.43. The average molecular weight is 240 g/mol. The van der Waals surface area contributed by atoms with E-state index in [0.717, 1.165) is 19.8 Å². The summed E-state index contributed by atoms with van der Waals surface area (Å²) in [4.78, 5) is 2.66. The normalized spacial score (nSPS) is 29.1. The maximum absolute atomic E-state index is 5.53. The highest BCUT2D eigenvalue weighted by molar-refractivity contribution is 4.91. The second-order valence-electron chi connectivity index (χ2n) is 6.49. The Morgan fingerprint density at radius 2 is 1.94 bits per heavy atom. The summed E-state index contributed by atoms with van der Waals surface area (Å²) in [6.07, 6.45) is 3.78. The number of piperazine rings is 1. The number of ether oxygens (including phenoxy) is 1. The van der Waals surface area contributed by atoms with Gasteiger partial charge in [0.1, 0.15) is 0 Å². The Kier molecular flexibility index (Phi) is 4.11. The molecular weight excluding hydrogens is 212 g/mol. The highest BCUT2D eigenvalue weighted by Crippen LogP contribution is 2.35. The van der Waals surface area contributed by atoms with Crippen LogP contribution in [0.1, 0.15) is 40.0 Å². The molecule has 0 radical (unpaired) electrons. The van der Waals surface area contributed by atoms with Crippen molar-refractivity contribution in [3.05, 3.63) is 0 Å². The maximum atomic E-state index is 5.53. The first-order valence-corrected chi connectivity index (χ1v) is 7.10. The van der Waals surface area contributed by atoms with Crippen molar-refractivity contribution in [1.82, 2.24) is 10.2 Å². The molecule has 0 aromatic heterocycles. The van der Waals surface area contributed by atoms with Crippen molar-refractivity contribution in [2.75, 3.05) is 39.4 Å². The lowest BCUT2D eigenvalue weighted by atomic mass is 9.77. The summed E-state index contributed by atoms with van der Waals surface area (Å²) in [7, 11) is 0. The molecule has 100 valence electrons. The summed E-state index contributed by atoms with van der Waals surface area (Å²) in [5.74, 6) is 0. The molecule has 0 spiro atoms. The van der Waals surface area contributed by atoms with E-state index in [9.17, 15) is 0 Å². The molecule has 3 nitrogen and oxygen atoms in total. The molecule has 0 amide bonds. The second-order valence-corrected chi connectivity index (χ2v) is 6.49. The van der Waals surface area contributed by atoms with E-state index in [1.807, 2.05) is 0 Å². The Hall–Kier alpha value is -0.120. The first-order chi connectivity index (χ1) is 8.05. The number of nitrogens with zero attached hydrogens (tertiary/aromatic N) is 1. The number of hydrogen-bond donors (Lipinski definition) is 1. The van der Waals surface area contributed by atoms with E-state index in [1.54, 1.807) is 0 Å². The van der Waals surface area contributed by atoms with Crippen LogP contribution in [0.25, 0.3) is 0 Å². The van der Waals surface area contributed by atoms with Crippen molar-refractivity contribution >= 4 is 0 Å². The van der Waals surface area contributed by atoms with Gasteiger partial charge in [-0.15, -0.1) is 0 Å². The molecule has 0 saturated carbocycles. The molecule has 0 aliphatic carbocycles. The fourth-order valence-corrected chi connectivity index (χ4v) is 3.28. The van der Waals surface area contributed by atoms with Gasteiger partial charge in [0, 0.05) is 44.9 Å². The number of nitrogens with one attached hydrogen (secondary N) is 1. The predicted octanol–water partition coefficient (Wildman–Crippen LogP) is 1.88. The van der Waals surface area contributed by atoms with Crippen LogP contribution in [-0.4, -0.2) is 49.8 Å². The zero-order chi connectivity index (χ0) is 12.4. The van der Waals surface area contributed by atoms with Crippen LogP contribution in [0.4, 0.5) is 0 Å². The van der Waals surface area contributed by atoms with Gasteiger partial charge in [-0.1, -0.05) is 6.92 Å². The van der Waals surface area contributed by atoms with E-state index in [4.69, 9.17) is 4.74 Å². The summed E-state index contributed by atoms with van der Waals surface area (Å²) in [5.41, 5.74) is 0.796. The molecule has 0 bridgehead atoms. The van der Waals surface area contributed by atoms with E-state index in [1.165, 1.54) is 38.9 Å². The van der Waals surface area contributed by atoms with E-state index in [-0.39, 0.29) is 5.54 Å². The van der Waals surface area contributed by atoms with Gasteiger partial charge >= 0.3 is 0 Å². The average Bonchev–Trinajstić information content (AvgIpc) is 2.29. The highest BCUT2D eigenvalue weighted by Gasteiger charge is 2.35. The van der Waals surface area contributed by atoms with Crippen LogP contribution in [0.2, 0.25) is 0 Å². The topological polar surface area (TPSA) is 24.5 Å². The van der Waals surface area contributed by atoms with Gasteiger partial charge in [0.2, 0.25) is 0 Å². The van der Waals surface area contributed by atoms with Crippen LogP contribution >= 0.6 is 0 Å². The molecule has 2 saturated heterocycles. The summed E-state index contributed by atoms with van der Waals surface area (Å²) < 4.78 is 5.53. The smallest absolute Gasteiger partial charge is 0.0471 e. The molecule has 17 heavy (non-hydrogen) atoms. The van der Waals surface area contributed by atoms with Crippen molar-refractivity contribution in [3.63, 3.8) is 0 Å². The zero-order valence-electron chi connectivity index (χ0n) is 11.7. The molecule has 1 N–H and O–H groups in total. The van der Waals surface area contributed by atoms with Crippen molar-refractivity contribution in [3.8, 4) is 0 Å². The fraction of sp³-hybridized carbons (Fsp3) is 1.00. The van der Waals surface area contributed by atoms with Crippen LogP contribution in [0.15, 0.2) is 0 Å². The Morgan fingerprint density at radius 3 is 2.53 bits per heavy atom. The summed E-state index contributed by atoms with van der Waals surface area (Å²) in [6.45, 7) is 13.7. The molecule has 2 heterocycles. The third-order valence-electron chi connectivity index (χ3n) is 4.51. The summed E-state index contributed by atoms with van der Waals surface area (Å²) in [6, 6.07) is 0. The SMILES string of the molecule is CCC1(CN2CCNC(C)(C)C2)CCOCC1. The molecule has 2 aliphatic heterocycles. The molecule has 3 heteroatoms. The summed E-state index contributed by atoms with van der Waals surface area (Å²) in [5, 5.41) is 3.59. The number of hydrogen-bond acceptors (Lipinski definition) is 3. The molecule has 2 fully saturated rings. The minimum atomic E-state index is 0.276. The van der Waals surface area contributed by atoms with Crippen LogP contribution < -0.4 is 5.32 Å². The monoisotopic (exact) mass is 240 g/mol. The van der Waals surface area contributed by atoms with Crippen molar-refractivity contribution in [2.24, 2.45) is 5.41 Å². The lowest BCUT2D eigenvalue weighted by Crippen LogP contribution is -2.59. The van der Waals surface area contributed by atoms with Crippen LogP contribution in [0.3, 0.4) is 0 Å².